The highest BCUT2D eigenvalue weighted by atomic mass is 19.1. The van der Waals surface area contributed by atoms with Crippen molar-refractivity contribution >= 4 is 11.9 Å². The van der Waals surface area contributed by atoms with E-state index >= 15 is 0 Å². The van der Waals surface area contributed by atoms with Crippen LogP contribution in [0.2, 0.25) is 0 Å². The lowest BCUT2D eigenvalue weighted by Crippen LogP contribution is -3.12. The van der Waals surface area contributed by atoms with E-state index in [0.29, 0.717) is 11.1 Å². The number of hydrogen-bond acceptors (Lipinski definition) is 4. The van der Waals surface area contributed by atoms with Crippen molar-refractivity contribution in [2.24, 2.45) is 0 Å². The molecule has 148 valence electrons. The molecule has 2 aromatic rings. The molecule has 1 aliphatic rings. The normalized spacial score (nSPS) is 14.5. The third-order valence-electron chi connectivity index (χ3n) is 4.61. The van der Waals surface area contributed by atoms with Gasteiger partial charge in [0.25, 0.3) is 5.91 Å². The molecule has 1 fully saturated rings. The number of quaternary nitrogens is 1. The van der Waals surface area contributed by atoms with Crippen LogP contribution in [0, 0.1) is 5.82 Å². The van der Waals surface area contributed by atoms with E-state index in [1.165, 1.54) is 11.0 Å². The van der Waals surface area contributed by atoms with Crippen molar-refractivity contribution in [2.45, 2.75) is 13.1 Å². The van der Waals surface area contributed by atoms with Crippen LogP contribution >= 0.6 is 0 Å². The van der Waals surface area contributed by atoms with E-state index < -0.39 is 18.5 Å². The topological polar surface area (TPSA) is 69.1 Å². The zero-order chi connectivity index (χ0) is 19.8. The predicted octanol–water partition coefficient (Wildman–Crippen LogP) is 0.714. The largest absolute Gasteiger partial charge is 0.452 e. The molecule has 2 aromatic carbocycles. The van der Waals surface area contributed by atoms with Crippen LogP contribution in [0.15, 0.2) is 48.5 Å². The molecular formula is C21H24FN2O4+. The summed E-state index contributed by atoms with van der Waals surface area (Å²) in [5, 5.41) is 2.53. The molecule has 1 saturated heterocycles. The molecule has 0 aliphatic carbocycles. The molecule has 0 spiro atoms. The monoisotopic (exact) mass is 387 g/mol. The predicted molar refractivity (Wildman–Crippen MR) is 100 cm³/mol. The Balaban J connectivity index is 1.42. The van der Waals surface area contributed by atoms with Crippen LogP contribution in [0.4, 0.5) is 4.39 Å². The molecule has 28 heavy (non-hydrogen) atoms. The summed E-state index contributed by atoms with van der Waals surface area (Å²) in [6, 6.07) is 13.4. The quantitative estimate of drug-likeness (QED) is 0.687. The first-order valence-electron chi connectivity index (χ1n) is 9.29. The van der Waals surface area contributed by atoms with Crippen molar-refractivity contribution in [1.82, 2.24) is 5.32 Å². The first kappa shape index (κ1) is 20.0. The Bertz CT molecular complexity index is 804. The van der Waals surface area contributed by atoms with Gasteiger partial charge in [-0.1, -0.05) is 30.3 Å². The summed E-state index contributed by atoms with van der Waals surface area (Å²) in [6.45, 7) is 4.03. The summed E-state index contributed by atoms with van der Waals surface area (Å²) in [5.74, 6) is -1.44. The number of morpholine rings is 1. The summed E-state index contributed by atoms with van der Waals surface area (Å²) < 4.78 is 23.9. The summed E-state index contributed by atoms with van der Waals surface area (Å²) in [7, 11) is 0. The number of halogens is 1. The second kappa shape index (κ2) is 9.96. The van der Waals surface area contributed by atoms with Gasteiger partial charge in [0, 0.05) is 17.7 Å². The van der Waals surface area contributed by atoms with E-state index in [-0.39, 0.29) is 12.4 Å². The maximum atomic E-state index is 13.5. The van der Waals surface area contributed by atoms with Crippen molar-refractivity contribution < 1.29 is 28.4 Å². The highest BCUT2D eigenvalue weighted by Crippen LogP contribution is 2.07. The standard InChI is InChI=1S/C21H23FN2O4/c22-19-4-2-1-3-18(19)13-23-20(25)15-28-21(26)17-7-5-16(6-8-17)14-24-9-11-27-12-10-24/h1-8H,9-15H2,(H,23,25)/p+1. The summed E-state index contributed by atoms with van der Waals surface area (Å²) in [5.41, 5.74) is 1.90. The summed E-state index contributed by atoms with van der Waals surface area (Å²) in [6.07, 6.45) is 0. The minimum Gasteiger partial charge on any atom is -0.452 e. The second-order valence-electron chi connectivity index (χ2n) is 6.68. The zero-order valence-corrected chi connectivity index (χ0v) is 15.6. The molecule has 0 saturated carbocycles. The lowest BCUT2D eigenvalue weighted by molar-refractivity contribution is -0.921. The SMILES string of the molecule is O=C(COC(=O)c1ccc(C[NH+]2CCOCC2)cc1)NCc1ccccc1F. The molecule has 7 heteroatoms. The molecule has 2 N–H and O–H groups in total. The van der Waals surface area contributed by atoms with Crippen LogP contribution in [-0.4, -0.2) is 44.8 Å². The van der Waals surface area contributed by atoms with Gasteiger partial charge in [0.15, 0.2) is 6.61 Å². The third kappa shape index (κ3) is 5.87. The van der Waals surface area contributed by atoms with Gasteiger partial charge in [-0.15, -0.1) is 0 Å². The molecule has 0 bridgehead atoms. The fourth-order valence-corrected chi connectivity index (χ4v) is 2.99. The van der Waals surface area contributed by atoms with Gasteiger partial charge >= 0.3 is 5.97 Å². The molecule has 0 radical (unpaired) electrons. The van der Waals surface area contributed by atoms with Crippen molar-refractivity contribution in [1.29, 1.82) is 0 Å². The minimum absolute atomic E-state index is 0.0433. The summed E-state index contributed by atoms with van der Waals surface area (Å²) in [4.78, 5) is 25.4. The molecule has 1 amide bonds. The lowest BCUT2D eigenvalue weighted by Gasteiger charge is -2.23. The first-order chi connectivity index (χ1) is 13.6. The van der Waals surface area contributed by atoms with Crippen molar-refractivity contribution in [3.05, 3.63) is 71.0 Å². The van der Waals surface area contributed by atoms with E-state index in [1.54, 1.807) is 30.3 Å². The molecule has 3 rings (SSSR count). The van der Waals surface area contributed by atoms with Gasteiger partial charge in [0.2, 0.25) is 0 Å². The number of ether oxygens (including phenoxy) is 2. The van der Waals surface area contributed by atoms with Gasteiger partial charge in [-0.25, -0.2) is 9.18 Å². The first-order valence-corrected chi connectivity index (χ1v) is 9.29. The average Bonchev–Trinajstić information content (AvgIpc) is 2.73. The Morgan fingerprint density at radius 1 is 1.07 bits per heavy atom. The fourth-order valence-electron chi connectivity index (χ4n) is 2.99. The summed E-state index contributed by atoms with van der Waals surface area (Å²) >= 11 is 0. The molecule has 0 unspecified atom stereocenters. The molecule has 0 atom stereocenters. The number of rotatable bonds is 7. The lowest BCUT2D eigenvalue weighted by atomic mass is 10.1. The number of amides is 1. The Kier molecular flexibility index (Phi) is 7.11. The number of carbonyl (C=O) groups excluding carboxylic acids is 2. The highest BCUT2D eigenvalue weighted by Gasteiger charge is 2.15. The van der Waals surface area contributed by atoms with Crippen molar-refractivity contribution in [2.75, 3.05) is 32.9 Å². The van der Waals surface area contributed by atoms with Crippen molar-refractivity contribution in [3.63, 3.8) is 0 Å². The van der Waals surface area contributed by atoms with Gasteiger partial charge in [-0.2, -0.15) is 0 Å². The second-order valence-corrected chi connectivity index (χ2v) is 6.68. The third-order valence-corrected chi connectivity index (χ3v) is 4.61. The van der Waals surface area contributed by atoms with E-state index in [4.69, 9.17) is 9.47 Å². The van der Waals surface area contributed by atoms with Crippen LogP contribution in [-0.2, 0) is 27.4 Å². The van der Waals surface area contributed by atoms with Crippen LogP contribution in [0.1, 0.15) is 21.5 Å². The van der Waals surface area contributed by atoms with E-state index in [2.05, 4.69) is 5.32 Å². The zero-order valence-electron chi connectivity index (χ0n) is 15.6. The average molecular weight is 387 g/mol. The molecule has 1 heterocycles. The Hall–Kier alpha value is -2.77. The van der Waals surface area contributed by atoms with E-state index in [1.807, 2.05) is 12.1 Å². The Morgan fingerprint density at radius 2 is 1.79 bits per heavy atom. The molecular weight excluding hydrogens is 363 g/mol. The van der Waals surface area contributed by atoms with Gasteiger partial charge in [-0.3, -0.25) is 4.79 Å². The number of nitrogens with one attached hydrogen (secondary N) is 2. The van der Waals surface area contributed by atoms with Crippen molar-refractivity contribution in [3.8, 4) is 0 Å². The Morgan fingerprint density at radius 3 is 2.50 bits per heavy atom. The molecule has 6 nitrogen and oxygen atoms in total. The van der Waals surface area contributed by atoms with Crippen LogP contribution < -0.4 is 10.2 Å². The minimum atomic E-state index is -0.564. The maximum Gasteiger partial charge on any atom is 0.338 e. The van der Waals surface area contributed by atoms with Crippen LogP contribution in [0.3, 0.4) is 0 Å². The number of benzene rings is 2. The van der Waals surface area contributed by atoms with E-state index in [9.17, 15) is 14.0 Å². The molecule has 0 aromatic heterocycles. The number of esters is 1. The smallest absolute Gasteiger partial charge is 0.338 e. The van der Waals surface area contributed by atoms with Crippen LogP contribution in [0.25, 0.3) is 0 Å². The van der Waals surface area contributed by atoms with Gasteiger partial charge in [-0.05, 0) is 18.2 Å². The number of hydrogen-bond donors (Lipinski definition) is 2. The Labute approximate surface area is 163 Å². The van der Waals surface area contributed by atoms with Crippen LogP contribution in [0.5, 0.6) is 0 Å². The maximum absolute atomic E-state index is 13.5. The number of carbonyl (C=O) groups is 2. The highest BCUT2D eigenvalue weighted by molar-refractivity contribution is 5.91. The van der Waals surface area contributed by atoms with E-state index in [0.717, 1.165) is 38.4 Å². The molecule has 1 aliphatic heterocycles. The van der Waals surface area contributed by atoms with Gasteiger partial charge < -0.3 is 19.7 Å². The van der Waals surface area contributed by atoms with Gasteiger partial charge in [0.05, 0.1) is 18.8 Å². The fraction of sp³-hybridized carbons (Fsp3) is 0.333. The van der Waals surface area contributed by atoms with Gasteiger partial charge in [0.1, 0.15) is 25.5 Å².